The van der Waals surface area contributed by atoms with E-state index in [-0.39, 0.29) is 12.0 Å². The van der Waals surface area contributed by atoms with Gasteiger partial charge >= 0.3 is 0 Å². The molecular formula is C14H23N3O2. The molecule has 19 heavy (non-hydrogen) atoms. The van der Waals surface area contributed by atoms with Crippen LogP contribution >= 0.6 is 0 Å². The molecule has 0 radical (unpaired) electrons. The topological polar surface area (TPSA) is 68.4 Å². The number of nitrogens with zero attached hydrogens (tertiary/aromatic N) is 1. The van der Waals surface area contributed by atoms with E-state index in [1.54, 1.807) is 19.0 Å². The Labute approximate surface area is 114 Å². The summed E-state index contributed by atoms with van der Waals surface area (Å²) in [6.07, 6.45) is 3.00. The molecule has 0 saturated heterocycles. The first-order valence-corrected chi connectivity index (χ1v) is 6.86. The molecule has 5 nitrogen and oxygen atoms in total. The molecule has 0 spiro atoms. The number of H-pyrrole nitrogens is 1. The molecule has 1 aliphatic carbocycles. The van der Waals surface area contributed by atoms with Gasteiger partial charge in [-0.05, 0) is 30.9 Å². The second-order valence-corrected chi connectivity index (χ2v) is 5.49. The summed E-state index contributed by atoms with van der Waals surface area (Å²) in [5.41, 5.74) is 1.61. The summed E-state index contributed by atoms with van der Waals surface area (Å²) in [5, 5.41) is 13.1. The van der Waals surface area contributed by atoms with E-state index < -0.39 is 0 Å². The highest BCUT2D eigenvalue weighted by atomic mass is 16.3. The second-order valence-electron chi connectivity index (χ2n) is 5.49. The lowest BCUT2D eigenvalue weighted by Crippen LogP contribution is -2.27. The molecule has 1 fully saturated rings. The summed E-state index contributed by atoms with van der Waals surface area (Å²) in [5.74, 6) is 0.357. The average molecular weight is 265 g/mol. The maximum Gasteiger partial charge on any atom is 0.269 e. The molecule has 1 saturated carbocycles. The summed E-state index contributed by atoms with van der Waals surface area (Å²) in [4.78, 5) is 16.4. The summed E-state index contributed by atoms with van der Waals surface area (Å²) in [6.45, 7) is 1.53. The van der Waals surface area contributed by atoms with Gasteiger partial charge in [-0.25, -0.2) is 0 Å². The zero-order chi connectivity index (χ0) is 13.8. The molecule has 2 unspecified atom stereocenters. The first kappa shape index (κ1) is 14.1. The van der Waals surface area contributed by atoms with E-state index in [0.717, 1.165) is 31.5 Å². The fraction of sp³-hybridized carbons (Fsp3) is 0.643. The first-order chi connectivity index (χ1) is 9.08. The predicted octanol–water partition coefficient (Wildman–Crippen LogP) is 0.967. The van der Waals surface area contributed by atoms with Crippen LogP contribution in [0.15, 0.2) is 12.1 Å². The van der Waals surface area contributed by atoms with Gasteiger partial charge in [-0.1, -0.05) is 6.42 Å². The number of hydrogen-bond acceptors (Lipinski definition) is 3. The predicted molar refractivity (Wildman–Crippen MR) is 73.9 cm³/mol. The molecule has 0 aliphatic heterocycles. The van der Waals surface area contributed by atoms with Crippen LogP contribution in [0.25, 0.3) is 0 Å². The number of carbonyl (C=O) groups excluding carboxylic acids is 1. The van der Waals surface area contributed by atoms with E-state index in [1.807, 2.05) is 12.1 Å². The number of carbonyl (C=O) groups is 1. The Morgan fingerprint density at radius 3 is 2.89 bits per heavy atom. The fourth-order valence-corrected chi connectivity index (χ4v) is 2.56. The molecular weight excluding hydrogens is 242 g/mol. The molecule has 1 aromatic rings. The molecule has 106 valence electrons. The van der Waals surface area contributed by atoms with Gasteiger partial charge in [-0.15, -0.1) is 0 Å². The summed E-state index contributed by atoms with van der Waals surface area (Å²) in [7, 11) is 3.48. The Bertz CT molecular complexity index is 428. The van der Waals surface area contributed by atoms with Gasteiger partial charge in [0.1, 0.15) is 5.69 Å². The molecule has 1 amide bonds. The third kappa shape index (κ3) is 3.58. The zero-order valence-corrected chi connectivity index (χ0v) is 11.6. The van der Waals surface area contributed by atoms with Crippen LogP contribution in [-0.2, 0) is 6.54 Å². The molecule has 1 aromatic heterocycles. The third-order valence-electron chi connectivity index (χ3n) is 3.72. The van der Waals surface area contributed by atoms with Gasteiger partial charge in [0, 0.05) is 32.9 Å². The van der Waals surface area contributed by atoms with Gasteiger partial charge in [0.25, 0.3) is 5.91 Å². The van der Waals surface area contributed by atoms with Gasteiger partial charge in [-0.2, -0.15) is 0 Å². The molecule has 1 heterocycles. The van der Waals surface area contributed by atoms with Crippen molar-refractivity contribution in [2.24, 2.45) is 5.92 Å². The van der Waals surface area contributed by atoms with Crippen LogP contribution in [0.2, 0.25) is 0 Å². The van der Waals surface area contributed by atoms with Crippen molar-refractivity contribution in [3.63, 3.8) is 0 Å². The van der Waals surface area contributed by atoms with Crippen LogP contribution in [0, 0.1) is 5.92 Å². The molecule has 1 aliphatic rings. The lowest BCUT2D eigenvalue weighted by atomic mass is 10.1. The van der Waals surface area contributed by atoms with E-state index in [4.69, 9.17) is 0 Å². The van der Waals surface area contributed by atoms with Crippen molar-refractivity contribution in [1.82, 2.24) is 15.2 Å². The SMILES string of the molecule is CN(C)C(=O)c1ccc(CNCC2CCCC2O)[nH]1. The Morgan fingerprint density at radius 1 is 1.47 bits per heavy atom. The molecule has 2 rings (SSSR count). The van der Waals surface area contributed by atoms with Crippen LogP contribution in [0.3, 0.4) is 0 Å². The fourth-order valence-electron chi connectivity index (χ4n) is 2.56. The number of aliphatic hydroxyl groups is 1. The minimum atomic E-state index is -0.151. The minimum Gasteiger partial charge on any atom is -0.393 e. The highest BCUT2D eigenvalue weighted by Crippen LogP contribution is 2.24. The van der Waals surface area contributed by atoms with Crippen LogP contribution in [0.4, 0.5) is 0 Å². The van der Waals surface area contributed by atoms with E-state index in [2.05, 4.69) is 10.3 Å². The van der Waals surface area contributed by atoms with Crippen molar-refractivity contribution < 1.29 is 9.90 Å². The van der Waals surface area contributed by atoms with Crippen molar-refractivity contribution in [2.45, 2.75) is 31.9 Å². The van der Waals surface area contributed by atoms with Gasteiger partial charge in [0.15, 0.2) is 0 Å². The monoisotopic (exact) mass is 265 g/mol. The number of rotatable bonds is 5. The Balaban J connectivity index is 1.79. The Hall–Kier alpha value is -1.33. The quantitative estimate of drug-likeness (QED) is 0.743. The van der Waals surface area contributed by atoms with Gasteiger partial charge < -0.3 is 20.3 Å². The number of hydrogen-bond donors (Lipinski definition) is 3. The molecule has 5 heteroatoms. The molecule has 2 atom stereocenters. The smallest absolute Gasteiger partial charge is 0.269 e. The maximum absolute atomic E-state index is 11.7. The van der Waals surface area contributed by atoms with Gasteiger partial charge in [-0.3, -0.25) is 4.79 Å². The van der Waals surface area contributed by atoms with Crippen LogP contribution < -0.4 is 5.32 Å². The van der Waals surface area contributed by atoms with E-state index in [1.165, 1.54) is 0 Å². The largest absolute Gasteiger partial charge is 0.393 e. The van der Waals surface area contributed by atoms with E-state index >= 15 is 0 Å². The van der Waals surface area contributed by atoms with Crippen LogP contribution in [0.5, 0.6) is 0 Å². The molecule has 0 bridgehead atoms. The number of nitrogens with one attached hydrogen (secondary N) is 2. The highest BCUT2D eigenvalue weighted by Gasteiger charge is 2.24. The van der Waals surface area contributed by atoms with Gasteiger partial charge in [0.2, 0.25) is 0 Å². The number of aromatic amines is 1. The second kappa shape index (κ2) is 6.21. The Morgan fingerprint density at radius 2 is 2.26 bits per heavy atom. The van der Waals surface area contributed by atoms with Crippen LogP contribution in [-0.4, -0.2) is 47.6 Å². The number of amides is 1. The lowest BCUT2D eigenvalue weighted by molar-refractivity contribution is 0.0822. The average Bonchev–Trinajstić information content (AvgIpc) is 2.98. The number of aromatic nitrogens is 1. The molecule has 0 aromatic carbocycles. The Kier molecular flexibility index (Phi) is 4.61. The van der Waals surface area contributed by atoms with Crippen molar-refractivity contribution >= 4 is 5.91 Å². The van der Waals surface area contributed by atoms with Crippen molar-refractivity contribution in [3.05, 3.63) is 23.5 Å². The minimum absolute atomic E-state index is 0.0162. The first-order valence-electron chi connectivity index (χ1n) is 6.86. The normalized spacial score (nSPS) is 22.7. The number of aliphatic hydroxyl groups excluding tert-OH is 1. The lowest BCUT2D eigenvalue weighted by Gasteiger charge is -2.14. The summed E-state index contributed by atoms with van der Waals surface area (Å²) in [6, 6.07) is 3.73. The van der Waals surface area contributed by atoms with Crippen molar-refractivity contribution in [3.8, 4) is 0 Å². The van der Waals surface area contributed by atoms with E-state index in [0.29, 0.717) is 18.2 Å². The van der Waals surface area contributed by atoms with E-state index in [9.17, 15) is 9.90 Å². The van der Waals surface area contributed by atoms with Crippen molar-refractivity contribution in [2.75, 3.05) is 20.6 Å². The highest BCUT2D eigenvalue weighted by molar-refractivity contribution is 5.92. The third-order valence-corrected chi connectivity index (χ3v) is 3.72. The van der Waals surface area contributed by atoms with Gasteiger partial charge in [0.05, 0.1) is 6.10 Å². The maximum atomic E-state index is 11.7. The summed E-state index contributed by atoms with van der Waals surface area (Å²) >= 11 is 0. The van der Waals surface area contributed by atoms with Crippen molar-refractivity contribution in [1.29, 1.82) is 0 Å². The van der Waals surface area contributed by atoms with Crippen LogP contribution in [0.1, 0.15) is 35.4 Å². The standard InChI is InChI=1S/C14H23N3O2/c1-17(2)14(19)12-7-6-11(16-12)9-15-8-10-4-3-5-13(10)18/h6-7,10,13,15-16,18H,3-5,8-9H2,1-2H3. The molecule has 3 N–H and O–H groups in total. The zero-order valence-electron chi connectivity index (χ0n) is 11.6. The summed E-state index contributed by atoms with van der Waals surface area (Å²) < 4.78 is 0.